The number of hydrogen-bond acceptors (Lipinski definition) is 0. The molecule has 0 nitrogen and oxygen atoms in total. The number of hydrogen-bond donors (Lipinski definition) is 0. The summed E-state index contributed by atoms with van der Waals surface area (Å²) in [7, 11) is 9.33. The fourth-order valence-electron chi connectivity index (χ4n) is 3.46. The van der Waals surface area contributed by atoms with Crippen molar-refractivity contribution in [3.05, 3.63) is 121 Å². The third-order valence-electron chi connectivity index (χ3n) is 4.90. The van der Waals surface area contributed by atoms with Gasteiger partial charge in [0.2, 0.25) is 0 Å². The zero-order valence-corrected chi connectivity index (χ0v) is 23.8. The molecule has 0 aliphatic rings. The van der Waals surface area contributed by atoms with E-state index in [1.165, 1.54) is 33.5 Å². The van der Waals surface area contributed by atoms with Crippen molar-refractivity contribution in [1.29, 1.82) is 0 Å². The van der Waals surface area contributed by atoms with E-state index >= 15 is 0 Å². The summed E-state index contributed by atoms with van der Waals surface area (Å²) in [6.07, 6.45) is 2.42. The Hall–Kier alpha value is -1.02. The van der Waals surface area contributed by atoms with Crippen molar-refractivity contribution < 1.29 is 15.9 Å². The van der Waals surface area contributed by atoms with E-state index in [4.69, 9.17) is 19.1 Å². The van der Waals surface area contributed by atoms with E-state index in [0.717, 1.165) is 0 Å². The van der Waals surface area contributed by atoms with Crippen molar-refractivity contribution in [2.45, 2.75) is 13.8 Å². The molecular formula is C28H30Cl2P2Pd. The fourth-order valence-corrected chi connectivity index (χ4v) is 7.65. The Morgan fingerprint density at radius 1 is 0.455 bits per heavy atom. The molecule has 0 aromatic heterocycles. The van der Waals surface area contributed by atoms with Gasteiger partial charge in [0.1, 0.15) is 0 Å². The van der Waals surface area contributed by atoms with Gasteiger partial charge in [-0.1, -0.05) is 135 Å². The Balaban J connectivity index is 0.000000209. The molecule has 0 N–H and O–H groups in total. The first kappa shape index (κ1) is 28.2. The van der Waals surface area contributed by atoms with E-state index in [-0.39, 0.29) is 31.8 Å². The van der Waals surface area contributed by atoms with Gasteiger partial charge < -0.3 is 0 Å². The molecule has 33 heavy (non-hydrogen) atoms. The minimum absolute atomic E-state index is 0.106. The maximum atomic E-state index is 4.81. The average molecular weight is 606 g/mol. The fraction of sp³-hybridized carbons (Fsp3) is 0.143. The van der Waals surface area contributed by atoms with Gasteiger partial charge >= 0.3 is 35.0 Å². The van der Waals surface area contributed by atoms with Gasteiger partial charge in [-0.25, -0.2) is 0 Å². The van der Waals surface area contributed by atoms with E-state index in [9.17, 15) is 0 Å². The van der Waals surface area contributed by atoms with Gasteiger partial charge in [0, 0.05) is 0 Å². The van der Waals surface area contributed by atoms with Crippen LogP contribution in [-0.4, -0.2) is 12.3 Å². The summed E-state index contributed by atoms with van der Waals surface area (Å²) in [5.74, 6) is 0. The molecule has 0 saturated heterocycles. The average Bonchev–Trinajstić information content (AvgIpc) is 2.89. The molecule has 0 atom stereocenters. The van der Waals surface area contributed by atoms with Crippen LogP contribution in [0.2, 0.25) is 0 Å². The molecule has 0 heterocycles. The Labute approximate surface area is 218 Å². The molecule has 4 aromatic carbocycles. The van der Waals surface area contributed by atoms with Crippen LogP contribution >= 0.6 is 34.9 Å². The van der Waals surface area contributed by atoms with Gasteiger partial charge in [-0.2, -0.15) is 0 Å². The second-order valence-electron chi connectivity index (χ2n) is 6.88. The predicted octanol–water partition coefficient (Wildman–Crippen LogP) is 7.65. The molecule has 4 rings (SSSR count). The number of halogens is 2. The van der Waals surface area contributed by atoms with E-state index in [2.05, 4.69) is 135 Å². The van der Waals surface area contributed by atoms with E-state index in [1.807, 2.05) is 0 Å². The zero-order valence-electron chi connectivity index (χ0n) is 18.9. The topological polar surface area (TPSA) is 0 Å². The van der Waals surface area contributed by atoms with Crippen LogP contribution in [0.1, 0.15) is 13.8 Å². The molecule has 0 bridgehead atoms. The molecule has 176 valence electrons. The summed E-state index contributed by atoms with van der Waals surface area (Å²) in [6, 6.07) is 43.3. The van der Waals surface area contributed by atoms with Crippen molar-refractivity contribution in [3.8, 4) is 0 Å². The Bertz CT molecular complexity index is 825. The van der Waals surface area contributed by atoms with Gasteiger partial charge in [0.25, 0.3) is 0 Å². The SMILES string of the molecule is CCP(c1ccccc1)c1ccccc1.CCP(c1ccccc1)c1ccccc1.[Cl][Pd][Cl]. The second-order valence-corrected chi connectivity index (χ2v) is 14.3. The molecule has 0 amide bonds. The summed E-state index contributed by atoms with van der Waals surface area (Å²) >= 11 is -0.106. The quantitative estimate of drug-likeness (QED) is 0.156. The summed E-state index contributed by atoms with van der Waals surface area (Å²) in [5.41, 5.74) is 0. The predicted molar refractivity (Wildman–Crippen MR) is 151 cm³/mol. The molecule has 0 aliphatic heterocycles. The van der Waals surface area contributed by atoms with Gasteiger partial charge in [0.15, 0.2) is 0 Å². The third kappa shape index (κ3) is 10.0. The Kier molecular flexibility index (Phi) is 14.9. The normalized spacial score (nSPS) is 10.2. The molecule has 0 unspecified atom stereocenters. The molecule has 0 aliphatic carbocycles. The molecule has 4 aromatic rings. The van der Waals surface area contributed by atoms with E-state index in [0.29, 0.717) is 0 Å². The summed E-state index contributed by atoms with van der Waals surface area (Å²) in [5, 5.41) is 5.89. The van der Waals surface area contributed by atoms with Crippen molar-refractivity contribution in [2.24, 2.45) is 0 Å². The van der Waals surface area contributed by atoms with Gasteiger partial charge in [-0.3, -0.25) is 0 Å². The van der Waals surface area contributed by atoms with Crippen molar-refractivity contribution >= 4 is 56.1 Å². The molecular weight excluding hydrogens is 576 g/mol. The zero-order chi connectivity index (χ0) is 23.7. The van der Waals surface area contributed by atoms with Crippen LogP contribution in [0.5, 0.6) is 0 Å². The molecule has 0 spiro atoms. The van der Waals surface area contributed by atoms with Crippen molar-refractivity contribution in [3.63, 3.8) is 0 Å². The standard InChI is InChI=1S/2C14H15P.2ClH.Pd/c2*1-2-15(13-9-5-3-6-10-13)14-11-7-4-8-12-14;;;/h2*3-12H,2H2,1H3;2*1H;/q;;;;+2/p-2. The maximum absolute atomic E-state index is 4.81. The van der Waals surface area contributed by atoms with Crippen LogP contribution in [0.25, 0.3) is 0 Å². The van der Waals surface area contributed by atoms with Crippen molar-refractivity contribution in [2.75, 3.05) is 12.3 Å². The first-order valence-corrected chi connectivity index (χ1v) is 17.9. The summed E-state index contributed by atoms with van der Waals surface area (Å²) in [4.78, 5) is 0. The van der Waals surface area contributed by atoms with Crippen LogP contribution in [-0.2, 0) is 15.9 Å². The van der Waals surface area contributed by atoms with Crippen LogP contribution in [0, 0.1) is 0 Å². The minimum atomic E-state index is -0.149. The van der Waals surface area contributed by atoms with Crippen LogP contribution in [0.4, 0.5) is 0 Å². The van der Waals surface area contributed by atoms with Crippen LogP contribution in [0.15, 0.2) is 121 Å². The summed E-state index contributed by atoms with van der Waals surface area (Å²) in [6.45, 7) is 4.54. The third-order valence-corrected chi connectivity index (χ3v) is 9.85. The number of rotatable bonds is 6. The first-order chi connectivity index (χ1) is 16.2. The van der Waals surface area contributed by atoms with Gasteiger partial charge in [-0.15, -0.1) is 0 Å². The Morgan fingerprint density at radius 3 is 0.788 bits per heavy atom. The van der Waals surface area contributed by atoms with Crippen molar-refractivity contribution in [1.82, 2.24) is 0 Å². The second kappa shape index (κ2) is 17.4. The number of benzene rings is 4. The van der Waals surface area contributed by atoms with Gasteiger partial charge in [0.05, 0.1) is 0 Å². The monoisotopic (exact) mass is 604 g/mol. The first-order valence-electron chi connectivity index (χ1n) is 10.8. The summed E-state index contributed by atoms with van der Waals surface area (Å²) < 4.78 is 0. The molecule has 5 heteroatoms. The molecule has 0 fully saturated rings. The van der Waals surface area contributed by atoms with E-state index in [1.54, 1.807) is 0 Å². The molecule has 0 saturated carbocycles. The van der Waals surface area contributed by atoms with Gasteiger partial charge in [-0.05, 0) is 49.4 Å². The molecule has 0 radical (unpaired) electrons. The van der Waals surface area contributed by atoms with Crippen LogP contribution < -0.4 is 21.2 Å². The Morgan fingerprint density at radius 2 is 0.636 bits per heavy atom. The van der Waals surface area contributed by atoms with Crippen LogP contribution in [0.3, 0.4) is 0 Å². The van der Waals surface area contributed by atoms with E-state index < -0.39 is 0 Å².